The lowest BCUT2D eigenvalue weighted by Crippen LogP contribution is -2.33. The first-order valence-corrected chi connectivity index (χ1v) is 5.72. The maximum atomic E-state index is 12.5. The highest BCUT2D eigenvalue weighted by molar-refractivity contribution is 6.25. The van der Waals surface area contributed by atoms with E-state index in [1.807, 2.05) is 0 Å². The van der Waals surface area contributed by atoms with Crippen molar-refractivity contribution in [2.45, 2.75) is 13.0 Å². The summed E-state index contributed by atoms with van der Waals surface area (Å²) in [6.45, 7) is 0.743. The molecule has 1 unspecified atom stereocenters. The smallest absolute Gasteiger partial charge is 0.339 e. The summed E-state index contributed by atoms with van der Waals surface area (Å²) in [5, 5.41) is 8.90. The van der Waals surface area contributed by atoms with E-state index in [0.717, 1.165) is 4.42 Å². The molecule has 0 spiro atoms. The summed E-state index contributed by atoms with van der Waals surface area (Å²) in [6.07, 6.45) is 1.29. The van der Waals surface area contributed by atoms with Crippen LogP contribution in [0.2, 0.25) is 0 Å². The van der Waals surface area contributed by atoms with Crippen LogP contribution >= 0.6 is 11.8 Å². The molecule has 1 N–H and O–H groups in total. The third-order valence-corrected chi connectivity index (χ3v) is 2.64. The molecule has 1 aromatic rings. The maximum absolute atomic E-state index is 12.5. The Kier molecular flexibility index (Phi) is 5.80. The van der Waals surface area contributed by atoms with Gasteiger partial charge in [-0.3, -0.25) is 4.42 Å². The molecule has 0 aromatic carbocycles. The summed E-state index contributed by atoms with van der Waals surface area (Å²) in [7, 11) is 0. The minimum atomic E-state index is -0.868. The Balaban J connectivity index is 2.79. The first kappa shape index (κ1) is 14.7. The third-order valence-electron chi connectivity index (χ3n) is 2.19. The van der Waals surface area contributed by atoms with Crippen LogP contribution < -0.4 is 4.42 Å². The Labute approximate surface area is 109 Å². The van der Waals surface area contributed by atoms with E-state index in [2.05, 4.69) is 4.98 Å². The van der Waals surface area contributed by atoms with Gasteiger partial charge in [-0.15, -0.1) is 0 Å². The summed E-state index contributed by atoms with van der Waals surface area (Å²) in [4.78, 5) is 15.3. The van der Waals surface area contributed by atoms with Crippen molar-refractivity contribution >= 4 is 23.6 Å². The van der Waals surface area contributed by atoms with Gasteiger partial charge >= 0.3 is 5.97 Å². The van der Waals surface area contributed by atoms with Gasteiger partial charge in [0.2, 0.25) is 0 Å². The molecule has 1 rings (SSSR count). The Morgan fingerprint density at radius 2 is 2.39 bits per heavy atom. The molecule has 7 heteroatoms. The van der Waals surface area contributed by atoms with Gasteiger partial charge in [0.1, 0.15) is 12.5 Å². The van der Waals surface area contributed by atoms with Crippen molar-refractivity contribution in [3.63, 3.8) is 0 Å². The topological polar surface area (TPSA) is 62.7 Å². The van der Waals surface area contributed by atoms with Crippen LogP contribution in [-0.4, -0.2) is 42.0 Å². The van der Waals surface area contributed by atoms with Gasteiger partial charge in [0.25, 0.3) is 0 Å². The SMILES string of the molecule is CCOC(=O)c1ccc(N(Cl)C(CO)CF)nc1. The lowest BCUT2D eigenvalue weighted by molar-refractivity contribution is 0.0526. The van der Waals surface area contributed by atoms with Gasteiger partial charge in [-0.1, -0.05) is 0 Å². The number of carbonyl (C=O) groups is 1. The number of hydrogen-bond acceptors (Lipinski definition) is 5. The van der Waals surface area contributed by atoms with Crippen LogP contribution in [0.15, 0.2) is 18.3 Å². The summed E-state index contributed by atoms with van der Waals surface area (Å²) in [5.41, 5.74) is 0.284. The van der Waals surface area contributed by atoms with Crippen molar-refractivity contribution in [2.24, 2.45) is 0 Å². The van der Waals surface area contributed by atoms with Crippen LogP contribution in [0.3, 0.4) is 0 Å². The highest BCUT2D eigenvalue weighted by Crippen LogP contribution is 2.17. The summed E-state index contributed by atoms with van der Waals surface area (Å²) in [6, 6.07) is 2.06. The van der Waals surface area contributed by atoms with Crippen LogP contribution in [0.1, 0.15) is 17.3 Å². The van der Waals surface area contributed by atoms with Crippen LogP contribution in [0, 0.1) is 0 Å². The van der Waals surface area contributed by atoms with Crippen LogP contribution in [0.5, 0.6) is 0 Å². The number of pyridine rings is 1. The molecule has 0 radical (unpaired) electrons. The largest absolute Gasteiger partial charge is 0.462 e. The number of aliphatic hydroxyl groups is 1. The quantitative estimate of drug-likeness (QED) is 0.631. The van der Waals surface area contributed by atoms with Gasteiger partial charge in [-0.2, -0.15) is 0 Å². The molecular formula is C11H14ClFN2O3. The second-order valence-electron chi connectivity index (χ2n) is 3.43. The average Bonchev–Trinajstić information content (AvgIpc) is 2.40. The molecule has 1 heterocycles. The number of carbonyl (C=O) groups excluding carboxylic acids is 1. The number of halogens is 2. The normalized spacial score (nSPS) is 12.0. The van der Waals surface area contributed by atoms with E-state index in [4.69, 9.17) is 21.6 Å². The standard InChI is InChI=1S/C11H14ClFN2O3/c1-2-18-11(17)8-3-4-10(14-6-8)15(12)9(5-13)7-16/h3-4,6,9,16H,2,5,7H2,1H3. The summed E-state index contributed by atoms with van der Waals surface area (Å²) < 4.78 is 18.3. The van der Waals surface area contributed by atoms with E-state index in [1.54, 1.807) is 6.92 Å². The number of ether oxygens (including phenoxy) is 1. The second kappa shape index (κ2) is 7.13. The molecule has 100 valence electrons. The molecular weight excluding hydrogens is 263 g/mol. The molecule has 0 amide bonds. The maximum Gasteiger partial charge on any atom is 0.339 e. The van der Waals surface area contributed by atoms with Gasteiger partial charge in [0.15, 0.2) is 0 Å². The number of anilines is 1. The van der Waals surface area contributed by atoms with E-state index < -0.39 is 25.3 Å². The molecule has 0 aliphatic rings. The first-order chi connectivity index (χ1) is 8.63. The zero-order chi connectivity index (χ0) is 13.5. The number of hydrogen-bond donors (Lipinski definition) is 1. The lowest BCUT2D eigenvalue weighted by Gasteiger charge is -2.21. The van der Waals surface area contributed by atoms with Crippen molar-refractivity contribution in [3.8, 4) is 0 Å². The van der Waals surface area contributed by atoms with Gasteiger partial charge < -0.3 is 9.84 Å². The van der Waals surface area contributed by atoms with Crippen LogP contribution in [0.25, 0.3) is 0 Å². The monoisotopic (exact) mass is 276 g/mol. The Hall–Kier alpha value is -1.40. The number of nitrogens with zero attached hydrogens (tertiary/aromatic N) is 2. The fourth-order valence-electron chi connectivity index (χ4n) is 1.22. The highest BCUT2D eigenvalue weighted by Gasteiger charge is 2.18. The highest BCUT2D eigenvalue weighted by atomic mass is 35.5. The number of aromatic nitrogens is 1. The lowest BCUT2D eigenvalue weighted by atomic mass is 10.2. The van der Waals surface area contributed by atoms with E-state index in [-0.39, 0.29) is 18.0 Å². The molecule has 1 aromatic heterocycles. The van der Waals surface area contributed by atoms with E-state index in [9.17, 15) is 9.18 Å². The minimum absolute atomic E-state index is 0.251. The predicted octanol–water partition coefficient (Wildman–Crippen LogP) is 1.55. The minimum Gasteiger partial charge on any atom is -0.462 e. The average molecular weight is 277 g/mol. The van der Waals surface area contributed by atoms with Crippen molar-refractivity contribution in [1.29, 1.82) is 0 Å². The van der Waals surface area contributed by atoms with Gasteiger partial charge in [-0.25, -0.2) is 14.2 Å². The Morgan fingerprint density at radius 1 is 1.67 bits per heavy atom. The van der Waals surface area contributed by atoms with Crippen molar-refractivity contribution in [3.05, 3.63) is 23.9 Å². The zero-order valence-electron chi connectivity index (χ0n) is 9.84. The van der Waals surface area contributed by atoms with Gasteiger partial charge in [-0.05, 0) is 19.1 Å². The van der Waals surface area contributed by atoms with Crippen LogP contribution in [-0.2, 0) is 4.74 Å². The molecule has 5 nitrogen and oxygen atoms in total. The van der Waals surface area contributed by atoms with Gasteiger partial charge in [0, 0.05) is 18.0 Å². The summed E-state index contributed by atoms with van der Waals surface area (Å²) >= 11 is 5.82. The first-order valence-electron chi connectivity index (χ1n) is 5.39. The van der Waals surface area contributed by atoms with Gasteiger partial charge in [0.05, 0.1) is 24.8 Å². The number of aliphatic hydroxyl groups excluding tert-OH is 1. The molecule has 0 aliphatic carbocycles. The fraction of sp³-hybridized carbons (Fsp3) is 0.455. The zero-order valence-corrected chi connectivity index (χ0v) is 10.6. The van der Waals surface area contributed by atoms with E-state index in [1.165, 1.54) is 18.3 Å². The number of alkyl halides is 1. The molecule has 0 aliphatic heterocycles. The molecule has 0 fully saturated rings. The fourth-order valence-corrected chi connectivity index (χ4v) is 1.43. The number of rotatable bonds is 6. The Bertz CT molecular complexity index is 384. The Morgan fingerprint density at radius 3 is 2.83 bits per heavy atom. The third kappa shape index (κ3) is 3.54. The van der Waals surface area contributed by atoms with Crippen molar-refractivity contribution in [2.75, 3.05) is 24.3 Å². The molecule has 0 saturated carbocycles. The molecule has 18 heavy (non-hydrogen) atoms. The van der Waals surface area contributed by atoms with Crippen molar-refractivity contribution in [1.82, 2.24) is 4.98 Å². The molecule has 1 atom stereocenters. The molecule has 0 saturated heterocycles. The predicted molar refractivity (Wildman–Crippen MR) is 65.4 cm³/mol. The van der Waals surface area contributed by atoms with Crippen molar-refractivity contribution < 1.29 is 19.0 Å². The van der Waals surface area contributed by atoms with E-state index >= 15 is 0 Å². The second-order valence-corrected chi connectivity index (χ2v) is 3.79. The van der Waals surface area contributed by atoms with E-state index in [0.29, 0.717) is 0 Å². The summed E-state index contributed by atoms with van der Waals surface area (Å²) in [5.74, 6) is -0.233. The number of esters is 1. The molecule has 0 bridgehead atoms. The van der Waals surface area contributed by atoms with Crippen LogP contribution in [0.4, 0.5) is 10.2 Å².